The van der Waals surface area contributed by atoms with Crippen LogP contribution in [0.5, 0.6) is 11.5 Å². The van der Waals surface area contributed by atoms with Crippen molar-refractivity contribution < 1.29 is 13.5 Å². The number of H-pyrrole nitrogens is 1. The molecule has 27 heavy (non-hydrogen) atoms. The molecule has 0 aliphatic carbocycles. The van der Waals surface area contributed by atoms with E-state index in [9.17, 15) is 8.78 Å². The van der Waals surface area contributed by atoms with Crippen LogP contribution in [0.15, 0.2) is 48.7 Å². The summed E-state index contributed by atoms with van der Waals surface area (Å²) in [6.07, 6.45) is 1.40. The number of aromatic nitrogens is 5. The van der Waals surface area contributed by atoms with Gasteiger partial charge in [-0.05, 0) is 38.1 Å². The van der Waals surface area contributed by atoms with Crippen molar-refractivity contribution in [3.8, 4) is 11.5 Å². The fraction of sp³-hybridized carbons (Fsp3) is 0.158. The summed E-state index contributed by atoms with van der Waals surface area (Å²) in [5.41, 5.74) is -0.369. The Morgan fingerprint density at radius 3 is 2.59 bits per heavy atom. The van der Waals surface area contributed by atoms with E-state index in [0.29, 0.717) is 22.7 Å². The summed E-state index contributed by atoms with van der Waals surface area (Å²) in [5, 5.41) is 14.5. The van der Waals surface area contributed by atoms with E-state index in [1.807, 2.05) is 0 Å². The average Bonchev–Trinajstić information content (AvgIpc) is 3.17. The van der Waals surface area contributed by atoms with Crippen molar-refractivity contribution in [2.45, 2.75) is 19.3 Å². The van der Waals surface area contributed by atoms with Gasteiger partial charge >= 0.3 is 0 Å². The molecule has 136 valence electrons. The van der Waals surface area contributed by atoms with Gasteiger partial charge in [0.2, 0.25) is 0 Å². The number of nitrogens with one attached hydrogen (secondary N) is 1. The van der Waals surface area contributed by atoms with E-state index in [2.05, 4.69) is 25.6 Å². The molecule has 0 saturated carbocycles. The van der Waals surface area contributed by atoms with E-state index in [1.165, 1.54) is 18.3 Å². The van der Waals surface area contributed by atoms with Crippen LogP contribution in [0.4, 0.5) is 8.78 Å². The maximum absolute atomic E-state index is 14.7. The summed E-state index contributed by atoms with van der Waals surface area (Å²) in [4.78, 5) is 4.11. The molecule has 8 heteroatoms. The minimum atomic E-state index is -0.899. The van der Waals surface area contributed by atoms with Crippen LogP contribution in [-0.2, 0) is 5.41 Å². The highest BCUT2D eigenvalue weighted by atomic mass is 19.1. The molecule has 2 heterocycles. The van der Waals surface area contributed by atoms with E-state index >= 15 is 0 Å². The minimum Gasteiger partial charge on any atom is -0.455 e. The molecular formula is C19H15F2N5O. The number of aromatic amines is 1. The third-order valence-electron chi connectivity index (χ3n) is 4.37. The van der Waals surface area contributed by atoms with Gasteiger partial charge in [0.1, 0.15) is 28.7 Å². The fourth-order valence-corrected chi connectivity index (χ4v) is 3.02. The van der Waals surface area contributed by atoms with Gasteiger partial charge in [0.15, 0.2) is 5.82 Å². The van der Waals surface area contributed by atoms with E-state index < -0.39 is 17.0 Å². The van der Waals surface area contributed by atoms with E-state index in [0.717, 1.165) is 0 Å². The van der Waals surface area contributed by atoms with Crippen molar-refractivity contribution in [2.75, 3.05) is 0 Å². The Bertz CT molecular complexity index is 1110. The van der Waals surface area contributed by atoms with E-state index in [4.69, 9.17) is 4.74 Å². The second-order valence-electron chi connectivity index (χ2n) is 6.56. The van der Waals surface area contributed by atoms with Gasteiger partial charge in [0.25, 0.3) is 0 Å². The van der Waals surface area contributed by atoms with E-state index in [-0.39, 0.29) is 11.1 Å². The summed E-state index contributed by atoms with van der Waals surface area (Å²) < 4.78 is 34.4. The molecule has 0 saturated heterocycles. The quantitative estimate of drug-likeness (QED) is 0.586. The number of halogens is 2. The molecule has 0 atom stereocenters. The largest absolute Gasteiger partial charge is 0.455 e. The number of hydrogen-bond acceptors (Lipinski definition) is 5. The van der Waals surface area contributed by atoms with Gasteiger partial charge in [-0.3, -0.25) is 0 Å². The Hall–Kier alpha value is -3.42. The van der Waals surface area contributed by atoms with Gasteiger partial charge in [0.05, 0.1) is 11.6 Å². The topological polar surface area (TPSA) is 76.6 Å². The third-order valence-corrected chi connectivity index (χ3v) is 4.37. The Morgan fingerprint density at radius 1 is 1.04 bits per heavy atom. The maximum atomic E-state index is 14.7. The zero-order valence-corrected chi connectivity index (χ0v) is 14.6. The predicted molar refractivity (Wildman–Crippen MR) is 94.5 cm³/mol. The molecule has 4 rings (SSSR count). The number of nitrogens with zero attached hydrogens (tertiary/aromatic N) is 4. The second-order valence-corrected chi connectivity index (χ2v) is 6.56. The third kappa shape index (κ3) is 2.99. The van der Waals surface area contributed by atoms with Gasteiger partial charge in [-0.15, -0.1) is 10.2 Å². The van der Waals surface area contributed by atoms with Gasteiger partial charge in [0, 0.05) is 10.9 Å². The molecule has 0 unspecified atom stereocenters. The number of tetrazole rings is 1. The summed E-state index contributed by atoms with van der Waals surface area (Å²) in [7, 11) is 0. The molecule has 6 nitrogen and oxygen atoms in total. The first-order chi connectivity index (χ1) is 13.0. The second kappa shape index (κ2) is 6.39. The number of ether oxygens (including phenoxy) is 1. The van der Waals surface area contributed by atoms with Crippen LogP contribution in [-0.4, -0.2) is 25.6 Å². The first-order valence-corrected chi connectivity index (χ1v) is 8.22. The number of fused-ring (bicyclic) bond motifs is 1. The molecular weight excluding hydrogens is 352 g/mol. The normalized spacial score (nSPS) is 11.7. The molecule has 0 spiro atoms. The number of pyridine rings is 1. The highest BCUT2D eigenvalue weighted by Gasteiger charge is 2.34. The van der Waals surface area contributed by atoms with Crippen LogP contribution in [0.1, 0.15) is 25.2 Å². The molecule has 0 radical (unpaired) electrons. The Labute approximate surface area is 153 Å². The van der Waals surface area contributed by atoms with E-state index in [1.54, 1.807) is 44.2 Å². The van der Waals surface area contributed by atoms with Crippen molar-refractivity contribution in [3.63, 3.8) is 0 Å². The lowest BCUT2D eigenvalue weighted by Crippen LogP contribution is -2.23. The number of benzene rings is 2. The number of rotatable bonds is 4. The molecule has 0 fully saturated rings. The molecule has 0 bridgehead atoms. The Morgan fingerprint density at radius 2 is 1.81 bits per heavy atom. The first-order valence-electron chi connectivity index (χ1n) is 8.22. The lowest BCUT2D eigenvalue weighted by atomic mass is 9.83. The molecule has 1 N–H and O–H groups in total. The molecule has 4 aromatic rings. The lowest BCUT2D eigenvalue weighted by molar-refractivity contribution is 0.439. The lowest BCUT2D eigenvalue weighted by Gasteiger charge is -2.24. The van der Waals surface area contributed by atoms with Crippen molar-refractivity contribution in [1.29, 1.82) is 0 Å². The van der Waals surface area contributed by atoms with Gasteiger partial charge in [-0.25, -0.2) is 13.8 Å². The van der Waals surface area contributed by atoms with Crippen LogP contribution in [0.25, 0.3) is 10.9 Å². The van der Waals surface area contributed by atoms with Crippen LogP contribution in [0, 0.1) is 11.6 Å². The minimum absolute atomic E-state index is 0.247. The molecule has 2 aromatic heterocycles. The first kappa shape index (κ1) is 17.0. The predicted octanol–water partition coefficient (Wildman–Crippen LogP) is 4.14. The molecule has 0 amide bonds. The van der Waals surface area contributed by atoms with Gasteiger partial charge in [-0.2, -0.15) is 5.21 Å². The number of para-hydroxylation sites is 1. The van der Waals surface area contributed by atoms with Crippen LogP contribution >= 0.6 is 0 Å². The van der Waals surface area contributed by atoms with Crippen molar-refractivity contribution >= 4 is 10.9 Å². The zero-order chi connectivity index (χ0) is 19.0. The van der Waals surface area contributed by atoms with Crippen LogP contribution in [0.3, 0.4) is 0 Å². The summed E-state index contributed by atoms with van der Waals surface area (Å²) in [6, 6.07) is 10.9. The molecule has 2 aromatic carbocycles. The maximum Gasteiger partial charge on any atom is 0.184 e. The van der Waals surface area contributed by atoms with Crippen molar-refractivity contribution in [1.82, 2.24) is 25.6 Å². The average molecular weight is 367 g/mol. The SMILES string of the molecule is CC(C)(c1nn[nH]n1)c1c(F)cccc1Oc1cnc2c(F)cccc2c1. The molecule has 0 aliphatic heterocycles. The molecule has 0 aliphatic rings. The van der Waals surface area contributed by atoms with Crippen LogP contribution in [0.2, 0.25) is 0 Å². The summed E-state index contributed by atoms with van der Waals surface area (Å²) in [5.74, 6) is 0.119. The summed E-state index contributed by atoms with van der Waals surface area (Å²) in [6.45, 7) is 3.55. The Kier molecular flexibility index (Phi) is 4.02. The van der Waals surface area contributed by atoms with Gasteiger partial charge < -0.3 is 4.74 Å². The summed E-state index contributed by atoms with van der Waals surface area (Å²) >= 11 is 0. The van der Waals surface area contributed by atoms with Crippen LogP contribution < -0.4 is 4.74 Å². The van der Waals surface area contributed by atoms with Gasteiger partial charge in [-0.1, -0.05) is 23.4 Å². The highest BCUT2D eigenvalue weighted by molar-refractivity contribution is 5.80. The van der Waals surface area contributed by atoms with Crippen molar-refractivity contribution in [2.24, 2.45) is 0 Å². The smallest absolute Gasteiger partial charge is 0.184 e. The number of hydrogen-bond donors (Lipinski definition) is 1. The highest BCUT2D eigenvalue weighted by Crippen LogP contribution is 2.39. The zero-order valence-electron chi connectivity index (χ0n) is 14.6. The fourth-order valence-electron chi connectivity index (χ4n) is 3.02. The van der Waals surface area contributed by atoms with Crippen molar-refractivity contribution in [3.05, 3.63) is 71.7 Å². The standard InChI is InChI=1S/C19H15F2N5O/c1-19(2,18-23-25-26-24-18)16-13(20)6-4-8-15(16)27-12-9-11-5-3-7-14(21)17(11)22-10-12/h3-10H,1-2H3,(H,23,24,25,26). The monoisotopic (exact) mass is 367 g/mol. The Balaban J connectivity index is 1.78.